The molecule has 0 saturated carbocycles. The fraction of sp³-hybridized carbons (Fsp3) is 0.391. The second kappa shape index (κ2) is 8.25. The lowest BCUT2D eigenvalue weighted by molar-refractivity contribution is -0.126. The smallest absolute Gasteiger partial charge is 0.238 e. The molecule has 6 nitrogen and oxygen atoms in total. The third-order valence-corrected chi connectivity index (χ3v) is 5.94. The molecule has 1 aliphatic rings. The van der Waals surface area contributed by atoms with Gasteiger partial charge in [-0.3, -0.25) is 14.5 Å². The molecule has 2 amide bonds. The van der Waals surface area contributed by atoms with E-state index < -0.39 is 0 Å². The molecular weight excluding hydrogens is 364 g/mol. The first-order valence-electron chi connectivity index (χ1n) is 10.4. The van der Waals surface area contributed by atoms with Gasteiger partial charge in [0.05, 0.1) is 6.54 Å². The number of rotatable bonds is 5. The van der Waals surface area contributed by atoms with E-state index in [0.29, 0.717) is 6.54 Å². The molecule has 1 aliphatic heterocycles. The highest BCUT2D eigenvalue weighted by Crippen LogP contribution is 2.31. The van der Waals surface area contributed by atoms with Gasteiger partial charge in [-0.2, -0.15) is 0 Å². The highest BCUT2D eigenvalue weighted by molar-refractivity contribution is 6.09. The predicted molar refractivity (Wildman–Crippen MR) is 117 cm³/mol. The van der Waals surface area contributed by atoms with Gasteiger partial charge in [0.15, 0.2) is 0 Å². The zero-order chi connectivity index (χ0) is 20.4. The topological polar surface area (TPSA) is 66.4 Å². The molecule has 2 aromatic carbocycles. The monoisotopic (exact) mass is 392 g/mol. The van der Waals surface area contributed by atoms with Crippen LogP contribution in [0.4, 0.5) is 5.69 Å². The Morgan fingerprint density at radius 1 is 1.03 bits per heavy atom. The van der Waals surface area contributed by atoms with Gasteiger partial charge < -0.3 is 15.2 Å². The van der Waals surface area contributed by atoms with E-state index in [1.54, 1.807) is 7.05 Å². The van der Waals surface area contributed by atoms with Crippen molar-refractivity contribution < 1.29 is 9.59 Å². The first-order valence-corrected chi connectivity index (χ1v) is 10.4. The summed E-state index contributed by atoms with van der Waals surface area (Å²) in [5.41, 5.74) is 3.22. The van der Waals surface area contributed by atoms with Gasteiger partial charge in [-0.05, 0) is 57.1 Å². The summed E-state index contributed by atoms with van der Waals surface area (Å²) in [6.07, 6.45) is 1.60. The fourth-order valence-electron chi connectivity index (χ4n) is 4.43. The molecule has 3 aromatic rings. The highest BCUT2D eigenvalue weighted by atomic mass is 16.2. The average molecular weight is 393 g/mol. The molecule has 0 radical (unpaired) electrons. The maximum absolute atomic E-state index is 12.6. The molecule has 2 heterocycles. The number of carbonyl (C=O) groups excluding carboxylic acids is 2. The van der Waals surface area contributed by atoms with Crippen molar-refractivity contribution in [1.29, 1.82) is 0 Å². The number of hydrogen-bond donors (Lipinski definition) is 2. The van der Waals surface area contributed by atoms with E-state index in [1.807, 2.05) is 6.07 Å². The van der Waals surface area contributed by atoms with Crippen LogP contribution < -0.4 is 10.6 Å². The average Bonchev–Trinajstić information content (AvgIpc) is 3.06. The van der Waals surface area contributed by atoms with Gasteiger partial charge >= 0.3 is 0 Å². The van der Waals surface area contributed by atoms with E-state index in [-0.39, 0.29) is 17.7 Å². The molecule has 0 unspecified atom stereocenters. The van der Waals surface area contributed by atoms with E-state index in [4.69, 9.17) is 0 Å². The van der Waals surface area contributed by atoms with Crippen molar-refractivity contribution in [2.45, 2.75) is 26.3 Å². The third-order valence-electron chi connectivity index (χ3n) is 5.94. The summed E-state index contributed by atoms with van der Waals surface area (Å²) >= 11 is 0. The van der Waals surface area contributed by atoms with E-state index in [9.17, 15) is 9.59 Å². The zero-order valence-corrected chi connectivity index (χ0v) is 17.1. The Morgan fingerprint density at radius 2 is 1.76 bits per heavy atom. The predicted octanol–water partition coefficient (Wildman–Crippen LogP) is 3.21. The minimum atomic E-state index is -0.0121. The summed E-state index contributed by atoms with van der Waals surface area (Å²) < 4.78 is 2.30. The Morgan fingerprint density at radius 3 is 2.48 bits per heavy atom. The maximum Gasteiger partial charge on any atom is 0.238 e. The Labute approximate surface area is 170 Å². The number of nitrogens with zero attached hydrogens (tertiary/aromatic N) is 2. The van der Waals surface area contributed by atoms with Crippen molar-refractivity contribution in [2.75, 3.05) is 32.0 Å². The van der Waals surface area contributed by atoms with Crippen molar-refractivity contribution in [1.82, 2.24) is 14.8 Å². The van der Waals surface area contributed by atoms with Crippen LogP contribution in [0, 0.1) is 5.92 Å². The van der Waals surface area contributed by atoms with Gasteiger partial charge in [0, 0.05) is 47.0 Å². The molecule has 29 heavy (non-hydrogen) atoms. The van der Waals surface area contributed by atoms with Gasteiger partial charge in [-0.1, -0.05) is 18.2 Å². The van der Waals surface area contributed by atoms with Gasteiger partial charge in [0.1, 0.15) is 0 Å². The normalized spacial score (nSPS) is 15.7. The molecule has 6 heteroatoms. The Hall–Kier alpha value is -2.86. The van der Waals surface area contributed by atoms with Crippen LogP contribution in [0.25, 0.3) is 21.8 Å². The first kappa shape index (κ1) is 19.5. The van der Waals surface area contributed by atoms with E-state index in [2.05, 4.69) is 63.4 Å². The van der Waals surface area contributed by atoms with Crippen LogP contribution >= 0.6 is 0 Å². The van der Waals surface area contributed by atoms with E-state index in [1.165, 1.54) is 16.4 Å². The number of aromatic nitrogens is 1. The third kappa shape index (κ3) is 3.85. The second-order valence-electron chi connectivity index (χ2n) is 7.71. The molecule has 1 fully saturated rings. The van der Waals surface area contributed by atoms with Crippen LogP contribution in [0.5, 0.6) is 0 Å². The quantitative estimate of drug-likeness (QED) is 0.701. The largest absolute Gasteiger partial charge is 0.359 e. The minimum absolute atomic E-state index is 0.0121. The molecule has 0 spiro atoms. The van der Waals surface area contributed by atoms with Crippen molar-refractivity contribution in [3.8, 4) is 0 Å². The van der Waals surface area contributed by atoms with Crippen molar-refractivity contribution >= 4 is 39.3 Å². The lowest BCUT2D eigenvalue weighted by Crippen LogP contribution is -2.42. The molecule has 0 aliphatic carbocycles. The van der Waals surface area contributed by atoms with Crippen LogP contribution in [-0.4, -0.2) is 48.0 Å². The second-order valence-corrected chi connectivity index (χ2v) is 7.71. The van der Waals surface area contributed by atoms with Crippen molar-refractivity contribution in [3.63, 3.8) is 0 Å². The lowest BCUT2D eigenvalue weighted by Gasteiger charge is -2.30. The summed E-state index contributed by atoms with van der Waals surface area (Å²) in [5, 5.41) is 8.13. The highest BCUT2D eigenvalue weighted by Gasteiger charge is 2.25. The molecule has 1 saturated heterocycles. The summed E-state index contributed by atoms with van der Waals surface area (Å²) in [6, 6.07) is 14.5. The Bertz CT molecular complexity index is 1050. The number of hydrogen-bond acceptors (Lipinski definition) is 3. The first-order chi connectivity index (χ1) is 14.1. The van der Waals surface area contributed by atoms with Crippen molar-refractivity contribution in [3.05, 3.63) is 42.5 Å². The number of nitrogens with one attached hydrogen (secondary N) is 2. The van der Waals surface area contributed by atoms with Gasteiger partial charge in [0.2, 0.25) is 11.8 Å². The number of piperidine rings is 1. The zero-order valence-electron chi connectivity index (χ0n) is 17.1. The molecule has 0 bridgehead atoms. The Balaban J connectivity index is 1.45. The van der Waals surface area contributed by atoms with Crippen LogP contribution in [0.1, 0.15) is 19.8 Å². The number of fused-ring (bicyclic) bond motifs is 3. The maximum atomic E-state index is 12.6. The number of anilines is 1. The summed E-state index contributed by atoms with van der Waals surface area (Å²) in [6.45, 7) is 4.95. The van der Waals surface area contributed by atoms with Crippen LogP contribution in [-0.2, 0) is 16.1 Å². The summed E-state index contributed by atoms with van der Waals surface area (Å²) in [5.74, 6) is 0.160. The minimum Gasteiger partial charge on any atom is -0.359 e. The summed E-state index contributed by atoms with van der Waals surface area (Å²) in [4.78, 5) is 26.4. The van der Waals surface area contributed by atoms with Gasteiger partial charge in [-0.25, -0.2) is 0 Å². The van der Waals surface area contributed by atoms with Crippen LogP contribution in [0.2, 0.25) is 0 Å². The number of amides is 2. The van der Waals surface area contributed by atoms with Crippen molar-refractivity contribution in [2.24, 2.45) is 5.92 Å². The number of likely N-dealkylation sites (tertiary alicyclic amines) is 1. The molecule has 0 atom stereocenters. The Kier molecular flexibility index (Phi) is 5.53. The SMILES string of the molecule is CCn1c2ccccc2c2cc(NC(=O)CN3CCC(C(=O)NC)CC3)ccc21. The fourth-order valence-corrected chi connectivity index (χ4v) is 4.43. The molecule has 1 aromatic heterocycles. The van der Waals surface area contributed by atoms with E-state index >= 15 is 0 Å². The number of carbonyl (C=O) groups is 2. The number of aryl methyl sites for hydroxylation is 1. The number of para-hydroxylation sites is 1. The molecule has 4 rings (SSSR count). The standard InChI is InChI=1S/C23H28N4O2/c1-3-27-20-7-5-4-6-18(20)19-14-17(8-9-21(19)27)25-22(28)15-26-12-10-16(11-13-26)23(29)24-2/h4-9,14,16H,3,10-13,15H2,1-2H3,(H,24,29)(H,25,28). The van der Waals surface area contributed by atoms with Gasteiger partial charge in [0.25, 0.3) is 0 Å². The number of benzene rings is 2. The lowest BCUT2D eigenvalue weighted by atomic mass is 9.96. The van der Waals surface area contributed by atoms with E-state index in [0.717, 1.165) is 43.5 Å². The van der Waals surface area contributed by atoms with Crippen LogP contribution in [0.3, 0.4) is 0 Å². The molecule has 2 N–H and O–H groups in total. The molecule has 152 valence electrons. The van der Waals surface area contributed by atoms with Crippen LogP contribution in [0.15, 0.2) is 42.5 Å². The molecular formula is C23H28N4O2. The summed E-state index contributed by atoms with van der Waals surface area (Å²) in [7, 11) is 1.68. The van der Waals surface area contributed by atoms with Gasteiger partial charge in [-0.15, -0.1) is 0 Å².